The number of aliphatic hydroxyl groups is 1. The number of halogens is 2. The van der Waals surface area contributed by atoms with Crippen molar-refractivity contribution < 1.29 is 23.4 Å². The molecular weight excluding hydrogens is 328 g/mol. The molecule has 0 aliphatic heterocycles. The molecule has 0 aliphatic carbocycles. The fourth-order valence-electron chi connectivity index (χ4n) is 2.45. The van der Waals surface area contributed by atoms with Crippen molar-refractivity contribution in [3.05, 3.63) is 65.2 Å². The van der Waals surface area contributed by atoms with E-state index in [1.807, 2.05) is 0 Å². The SMILES string of the molecule is CCC(NC(=O)C(C)Oc1cccc(CO)c1)c1cc(F)ccc1F. The van der Waals surface area contributed by atoms with Crippen molar-refractivity contribution in [3.63, 3.8) is 0 Å². The fourth-order valence-corrected chi connectivity index (χ4v) is 2.45. The van der Waals surface area contributed by atoms with Gasteiger partial charge in [0.15, 0.2) is 6.10 Å². The second-order valence-corrected chi connectivity index (χ2v) is 5.70. The van der Waals surface area contributed by atoms with Crippen LogP contribution in [0.2, 0.25) is 0 Å². The molecule has 0 bridgehead atoms. The number of carbonyl (C=O) groups is 1. The van der Waals surface area contributed by atoms with Crippen molar-refractivity contribution in [3.8, 4) is 5.75 Å². The van der Waals surface area contributed by atoms with Crippen LogP contribution in [0.25, 0.3) is 0 Å². The van der Waals surface area contributed by atoms with E-state index in [0.717, 1.165) is 18.2 Å². The number of rotatable bonds is 7. The molecule has 2 N–H and O–H groups in total. The largest absolute Gasteiger partial charge is 0.481 e. The molecule has 2 aromatic carbocycles. The number of hydrogen-bond acceptors (Lipinski definition) is 3. The highest BCUT2D eigenvalue weighted by atomic mass is 19.1. The molecule has 0 saturated heterocycles. The van der Waals surface area contributed by atoms with E-state index >= 15 is 0 Å². The van der Waals surface area contributed by atoms with Crippen LogP contribution in [-0.2, 0) is 11.4 Å². The summed E-state index contributed by atoms with van der Waals surface area (Å²) in [5, 5.41) is 11.8. The van der Waals surface area contributed by atoms with Gasteiger partial charge in [0.1, 0.15) is 17.4 Å². The molecule has 2 rings (SSSR count). The Morgan fingerprint density at radius 1 is 1.24 bits per heavy atom. The van der Waals surface area contributed by atoms with Crippen LogP contribution < -0.4 is 10.1 Å². The van der Waals surface area contributed by atoms with Gasteiger partial charge in [-0.15, -0.1) is 0 Å². The van der Waals surface area contributed by atoms with E-state index in [1.54, 1.807) is 38.1 Å². The van der Waals surface area contributed by atoms with E-state index in [0.29, 0.717) is 17.7 Å². The van der Waals surface area contributed by atoms with Crippen LogP contribution in [0.5, 0.6) is 5.75 Å². The van der Waals surface area contributed by atoms with E-state index in [9.17, 15) is 13.6 Å². The maximum absolute atomic E-state index is 13.9. The van der Waals surface area contributed by atoms with Crippen molar-refractivity contribution in [2.24, 2.45) is 0 Å². The summed E-state index contributed by atoms with van der Waals surface area (Å²) < 4.78 is 32.9. The van der Waals surface area contributed by atoms with Gasteiger partial charge < -0.3 is 15.2 Å². The minimum Gasteiger partial charge on any atom is -0.481 e. The molecule has 2 unspecified atom stereocenters. The molecule has 0 saturated carbocycles. The molecule has 134 valence electrons. The van der Waals surface area contributed by atoms with E-state index in [4.69, 9.17) is 9.84 Å². The first-order chi connectivity index (χ1) is 11.9. The number of ether oxygens (including phenoxy) is 1. The van der Waals surface area contributed by atoms with E-state index < -0.39 is 29.7 Å². The highest BCUT2D eigenvalue weighted by Gasteiger charge is 2.21. The van der Waals surface area contributed by atoms with Crippen LogP contribution in [0.15, 0.2) is 42.5 Å². The molecule has 0 fully saturated rings. The van der Waals surface area contributed by atoms with E-state index in [-0.39, 0.29) is 12.2 Å². The molecule has 0 aliphatic rings. The Kier molecular flexibility index (Phi) is 6.47. The normalized spacial score (nSPS) is 13.2. The van der Waals surface area contributed by atoms with Crippen LogP contribution in [0.1, 0.15) is 37.4 Å². The zero-order chi connectivity index (χ0) is 18.4. The van der Waals surface area contributed by atoms with Crippen molar-refractivity contribution in [1.29, 1.82) is 0 Å². The van der Waals surface area contributed by atoms with Crippen molar-refractivity contribution >= 4 is 5.91 Å². The first-order valence-corrected chi connectivity index (χ1v) is 8.06. The lowest BCUT2D eigenvalue weighted by Crippen LogP contribution is -2.38. The lowest BCUT2D eigenvalue weighted by atomic mass is 10.0. The number of hydrogen-bond donors (Lipinski definition) is 2. The Hall–Kier alpha value is -2.47. The van der Waals surface area contributed by atoms with Gasteiger partial charge in [0.05, 0.1) is 12.6 Å². The summed E-state index contributed by atoms with van der Waals surface area (Å²) in [7, 11) is 0. The quantitative estimate of drug-likeness (QED) is 0.804. The lowest BCUT2D eigenvalue weighted by Gasteiger charge is -2.21. The first kappa shape index (κ1) is 18.9. The molecule has 6 heteroatoms. The minimum absolute atomic E-state index is 0.102. The molecule has 1 amide bonds. The molecule has 2 aromatic rings. The van der Waals surface area contributed by atoms with Gasteiger partial charge in [-0.25, -0.2) is 8.78 Å². The summed E-state index contributed by atoms with van der Waals surface area (Å²) in [6, 6.07) is 9.25. The molecule has 0 aromatic heterocycles. The molecular formula is C19H21F2NO3. The van der Waals surface area contributed by atoms with Gasteiger partial charge in [0, 0.05) is 5.56 Å². The number of nitrogens with one attached hydrogen (secondary N) is 1. The van der Waals surface area contributed by atoms with Gasteiger partial charge in [-0.3, -0.25) is 4.79 Å². The van der Waals surface area contributed by atoms with Crippen LogP contribution in [-0.4, -0.2) is 17.1 Å². The van der Waals surface area contributed by atoms with Gasteiger partial charge in [-0.2, -0.15) is 0 Å². The third-order valence-corrected chi connectivity index (χ3v) is 3.82. The van der Waals surface area contributed by atoms with Gasteiger partial charge >= 0.3 is 0 Å². The first-order valence-electron chi connectivity index (χ1n) is 8.06. The molecule has 2 atom stereocenters. The topological polar surface area (TPSA) is 58.6 Å². The number of amides is 1. The Labute approximate surface area is 145 Å². The van der Waals surface area contributed by atoms with Gasteiger partial charge in [-0.1, -0.05) is 19.1 Å². The maximum Gasteiger partial charge on any atom is 0.261 e. The Morgan fingerprint density at radius 2 is 2.00 bits per heavy atom. The number of aliphatic hydroxyl groups excluding tert-OH is 1. The summed E-state index contributed by atoms with van der Waals surface area (Å²) in [6.45, 7) is 3.20. The average molecular weight is 349 g/mol. The maximum atomic E-state index is 13.9. The van der Waals surface area contributed by atoms with Crippen LogP contribution in [0.4, 0.5) is 8.78 Å². The molecule has 0 spiro atoms. The summed E-state index contributed by atoms with van der Waals surface area (Å²) in [5.41, 5.74) is 0.767. The third kappa shape index (κ3) is 5.00. The predicted molar refractivity (Wildman–Crippen MR) is 90.0 cm³/mol. The van der Waals surface area contributed by atoms with Crippen LogP contribution in [0.3, 0.4) is 0 Å². The number of benzene rings is 2. The third-order valence-electron chi connectivity index (χ3n) is 3.82. The fraction of sp³-hybridized carbons (Fsp3) is 0.316. The monoisotopic (exact) mass is 349 g/mol. The summed E-state index contributed by atoms with van der Waals surface area (Å²) in [5.74, 6) is -1.13. The summed E-state index contributed by atoms with van der Waals surface area (Å²) in [6.07, 6.45) is -0.432. The molecule has 0 heterocycles. The van der Waals surface area contributed by atoms with Gasteiger partial charge in [0.25, 0.3) is 5.91 Å². The second-order valence-electron chi connectivity index (χ2n) is 5.70. The highest BCUT2D eigenvalue weighted by molar-refractivity contribution is 5.81. The standard InChI is InChI=1S/C19H21F2NO3/c1-3-18(16-10-14(20)7-8-17(16)21)22-19(24)12(2)25-15-6-4-5-13(9-15)11-23/h4-10,12,18,23H,3,11H2,1-2H3,(H,22,24). The van der Waals surface area contributed by atoms with Crippen LogP contribution >= 0.6 is 0 Å². The summed E-state index contributed by atoms with van der Waals surface area (Å²) >= 11 is 0. The Bertz CT molecular complexity index is 736. The van der Waals surface area contributed by atoms with E-state index in [2.05, 4.69) is 5.32 Å². The second kappa shape index (κ2) is 8.58. The lowest BCUT2D eigenvalue weighted by molar-refractivity contribution is -0.128. The van der Waals surface area contributed by atoms with E-state index in [1.165, 1.54) is 0 Å². The molecule has 4 nitrogen and oxygen atoms in total. The zero-order valence-electron chi connectivity index (χ0n) is 14.1. The van der Waals surface area contributed by atoms with Gasteiger partial charge in [0.2, 0.25) is 0 Å². The van der Waals surface area contributed by atoms with Crippen molar-refractivity contribution in [2.45, 2.75) is 39.0 Å². The zero-order valence-corrected chi connectivity index (χ0v) is 14.1. The van der Waals surface area contributed by atoms with Crippen molar-refractivity contribution in [1.82, 2.24) is 5.32 Å². The summed E-state index contributed by atoms with van der Waals surface area (Å²) in [4.78, 5) is 12.3. The van der Waals surface area contributed by atoms with Crippen LogP contribution in [0, 0.1) is 11.6 Å². The number of carbonyl (C=O) groups excluding carboxylic acids is 1. The smallest absolute Gasteiger partial charge is 0.261 e. The predicted octanol–water partition coefficient (Wildman–Crippen LogP) is 3.49. The Balaban J connectivity index is 2.06. The minimum atomic E-state index is -0.834. The highest BCUT2D eigenvalue weighted by Crippen LogP contribution is 2.22. The van der Waals surface area contributed by atoms with Crippen molar-refractivity contribution in [2.75, 3.05) is 0 Å². The molecule has 25 heavy (non-hydrogen) atoms. The molecule has 0 radical (unpaired) electrons. The average Bonchev–Trinajstić information content (AvgIpc) is 2.61. The van der Waals surface area contributed by atoms with Gasteiger partial charge in [-0.05, 0) is 49.2 Å². The Morgan fingerprint density at radius 3 is 2.68 bits per heavy atom.